The summed E-state index contributed by atoms with van der Waals surface area (Å²) in [5.74, 6) is 0. The minimum atomic E-state index is 0.0682. The third kappa shape index (κ3) is 4.46. The van der Waals surface area contributed by atoms with E-state index < -0.39 is 0 Å². The molecule has 9 aromatic rings. The summed E-state index contributed by atoms with van der Waals surface area (Å²) in [5, 5.41) is 10.4. The highest BCUT2D eigenvalue weighted by molar-refractivity contribution is 6.25. The second kappa shape index (κ2) is 10.4. The van der Waals surface area contributed by atoms with Gasteiger partial charge in [0.05, 0.1) is 11.0 Å². The zero-order valence-corrected chi connectivity index (χ0v) is 27.0. The summed E-state index contributed by atoms with van der Waals surface area (Å²) in [5.41, 5.74) is 9.97. The molecule has 9 rings (SSSR count). The highest BCUT2D eigenvalue weighted by Crippen LogP contribution is 2.40. The Bertz CT molecular complexity index is 2610. The number of hydrogen-bond acceptors (Lipinski definition) is 0. The monoisotopic (exact) mass is 601 g/mol. The predicted octanol–water partition coefficient (Wildman–Crippen LogP) is 12.9. The molecule has 0 aliphatic heterocycles. The fourth-order valence-electron chi connectivity index (χ4n) is 7.49. The van der Waals surface area contributed by atoms with Crippen LogP contribution in [0.15, 0.2) is 158 Å². The molecular formula is C46H35N. The topological polar surface area (TPSA) is 4.93 Å². The molecule has 0 N–H and O–H groups in total. The molecule has 1 aromatic heterocycles. The first-order chi connectivity index (χ1) is 22.9. The first-order valence-electron chi connectivity index (χ1n) is 16.5. The van der Waals surface area contributed by atoms with Crippen LogP contribution in [-0.2, 0) is 5.41 Å². The molecule has 0 fully saturated rings. The molecule has 47 heavy (non-hydrogen) atoms. The van der Waals surface area contributed by atoms with E-state index in [0.717, 1.165) is 0 Å². The molecule has 1 heteroatoms. The third-order valence-corrected chi connectivity index (χ3v) is 9.92. The van der Waals surface area contributed by atoms with Crippen LogP contribution in [0.5, 0.6) is 0 Å². The van der Waals surface area contributed by atoms with Gasteiger partial charge < -0.3 is 4.57 Å². The van der Waals surface area contributed by atoms with E-state index in [2.05, 4.69) is 183 Å². The van der Waals surface area contributed by atoms with E-state index in [1.165, 1.54) is 87.6 Å². The molecule has 0 saturated heterocycles. The molecule has 0 atom stereocenters. The Morgan fingerprint density at radius 1 is 0.340 bits per heavy atom. The van der Waals surface area contributed by atoms with Crippen LogP contribution in [0.1, 0.15) is 26.3 Å². The van der Waals surface area contributed by atoms with Gasteiger partial charge in [-0.3, -0.25) is 0 Å². The number of aromatic nitrogens is 1. The van der Waals surface area contributed by atoms with Crippen molar-refractivity contribution in [2.75, 3.05) is 0 Å². The average molecular weight is 602 g/mol. The second-order valence-electron chi connectivity index (χ2n) is 13.8. The fourth-order valence-corrected chi connectivity index (χ4v) is 7.49. The summed E-state index contributed by atoms with van der Waals surface area (Å²) in [4.78, 5) is 0. The molecule has 224 valence electrons. The van der Waals surface area contributed by atoms with E-state index in [9.17, 15) is 0 Å². The lowest BCUT2D eigenvalue weighted by atomic mass is 9.86. The highest BCUT2D eigenvalue weighted by Gasteiger charge is 2.19. The molecule has 0 saturated carbocycles. The van der Waals surface area contributed by atoms with E-state index in [1.54, 1.807) is 0 Å². The first kappa shape index (κ1) is 27.6. The maximum absolute atomic E-state index is 2.40. The third-order valence-electron chi connectivity index (χ3n) is 9.92. The average Bonchev–Trinajstić information content (AvgIpc) is 3.45. The Morgan fingerprint density at radius 3 is 1.43 bits per heavy atom. The Labute approximate surface area is 275 Å². The van der Waals surface area contributed by atoms with Gasteiger partial charge in [-0.15, -0.1) is 0 Å². The van der Waals surface area contributed by atoms with Crippen molar-refractivity contribution in [3.8, 4) is 27.9 Å². The molecule has 0 unspecified atom stereocenters. The van der Waals surface area contributed by atoms with Gasteiger partial charge in [-0.25, -0.2) is 0 Å². The summed E-state index contributed by atoms with van der Waals surface area (Å²) in [6.07, 6.45) is 0. The summed E-state index contributed by atoms with van der Waals surface area (Å²) in [6.45, 7) is 6.87. The van der Waals surface area contributed by atoms with E-state index in [-0.39, 0.29) is 5.41 Å². The smallest absolute Gasteiger partial charge is 0.0541 e. The molecule has 1 nitrogen and oxygen atoms in total. The number of rotatable bonds is 3. The SMILES string of the molecule is CC(C)(C)c1ccc2c(c1)c1cc(-c3cccc(-c4ccc5c6ccccc6c6ccccc6c5c4)c3)ccc1n2-c1ccccc1. The van der Waals surface area contributed by atoms with E-state index in [4.69, 9.17) is 0 Å². The normalized spacial score (nSPS) is 12.1. The van der Waals surface area contributed by atoms with Crippen LogP contribution >= 0.6 is 0 Å². The summed E-state index contributed by atoms with van der Waals surface area (Å²) in [6, 6.07) is 58.3. The summed E-state index contributed by atoms with van der Waals surface area (Å²) in [7, 11) is 0. The molecule has 0 aliphatic rings. The van der Waals surface area contributed by atoms with Crippen molar-refractivity contribution in [1.82, 2.24) is 4.57 Å². The highest BCUT2D eigenvalue weighted by atomic mass is 15.0. The van der Waals surface area contributed by atoms with Crippen LogP contribution in [0.2, 0.25) is 0 Å². The molecule has 0 amide bonds. The predicted molar refractivity (Wildman–Crippen MR) is 203 cm³/mol. The maximum atomic E-state index is 2.40. The van der Waals surface area contributed by atoms with Crippen LogP contribution in [0, 0.1) is 0 Å². The lowest BCUT2D eigenvalue weighted by Gasteiger charge is -2.19. The zero-order chi connectivity index (χ0) is 31.7. The van der Waals surface area contributed by atoms with Gasteiger partial charge in [0.25, 0.3) is 0 Å². The van der Waals surface area contributed by atoms with Gasteiger partial charge in [-0.2, -0.15) is 0 Å². The van der Waals surface area contributed by atoms with Crippen LogP contribution in [-0.4, -0.2) is 4.57 Å². The maximum Gasteiger partial charge on any atom is 0.0541 e. The van der Waals surface area contributed by atoms with Gasteiger partial charge in [-0.1, -0.05) is 130 Å². The van der Waals surface area contributed by atoms with Gasteiger partial charge in [-0.05, 0) is 114 Å². The first-order valence-corrected chi connectivity index (χ1v) is 16.5. The molecule has 0 spiro atoms. The van der Waals surface area contributed by atoms with Crippen LogP contribution in [0.25, 0.3) is 82.1 Å². The number of fused-ring (bicyclic) bond motifs is 9. The molecule has 8 aromatic carbocycles. The Kier molecular flexibility index (Phi) is 6.14. The Balaban J connectivity index is 1.22. The zero-order valence-electron chi connectivity index (χ0n) is 27.0. The summed E-state index contributed by atoms with van der Waals surface area (Å²) < 4.78 is 2.40. The van der Waals surface area contributed by atoms with Crippen molar-refractivity contribution in [3.05, 3.63) is 163 Å². The summed E-state index contributed by atoms with van der Waals surface area (Å²) >= 11 is 0. The van der Waals surface area contributed by atoms with Gasteiger partial charge in [0, 0.05) is 16.5 Å². The van der Waals surface area contributed by atoms with Crippen LogP contribution in [0.4, 0.5) is 0 Å². The van der Waals surface area contributed by atoms with Gasteiger partial charge in [0.1, 0.15) is 0 Å². The van der Waals surface area contributed by atoms with Crippen LogP contribution < -0.4 is 0 Å². The van der Waals surface area contributed by atoms with Gasteiger partial charge in [0.15, 0.2) is 0 Å². The van der Waals surface area contributed by atoms with Crippen molar-refractivity contribution in [2.45, 2.75) is 26.2 Å². The van der Waals surface area contributed by atoms with Gasteiger partial charge in [0.2, 0.25) is 0 Å². The van der Waals surface area contributed by atoms with Crippen LogP contribution in [0.3, 0.4) is 0 Å². The lowest BCUT2D eigenvalue weighted by Crippen LogP contribution is -2.10. The Morgan fingerprint density at radius 2 is 0.809 bits per heavy atom. The quantitative estimate of drug-likeness (QED) is 0.178. The van der Waals surface area contributed by atoms with E-state index in [0.29, 0.717) is 0 Å². The standard InChI is InChI=1S/C46H35N/c1-46(2,3)34-22-25-45-43(29-34)42-28-33(21-24-44(42)47(45)35-14-5-4-6-15-35)31-13-11-12-30(26-31)32-20-23-40-38-18-8-7-16-36(38)37-17-9-10-19-39(37)41(40)27-32/h4-29H,1-3H3. The number of para-hydroxylation sites is 1. The minimum absolute atomic E-state index is 0.0682. The van der Waals surface area contributed by atoms with Crippen molar-refractivity contribution >= 4 is 54.1 Å². The Hall–Kier alpha value is -5.66. The lowest BCUT2D eigenvalue weighted by molar-refractivity contribution is 0.591. The minimum Gasteiger partial charge on any atom is -0.309 e. The largest absolute Gasteiger partial charge is 0.309 e. The fraction of sp³-hybridized carbons (Fsp3) is 0.0870. The van der Waals surface area contributed by atoms with E-state index >= 15 is 0 Å². The molecule has 1 heterocycles. The van der Waals surface area contributed by atoms with Crippen molar-refractivity contribution < 1.29 is 0 Å². The number of nitrogens with zero attached hydrogens (tertiary/aromatic N) is 1. The number of benzene rings is 8. The van der Waals surface area contributed by atoms with Crippen molar-refractivity contribution in [2.24, 2.45) is 0 Å². The van der Waals surface area contributed by atoms with Gasteiger partial charge >= 0.3 is 0 Å². The molecule has 0 radical (unpaired) electrons. The molecule has 0 bridgehead atoms. The molecule has 0 aliphatic carbocycles. The van der Waals surface area contributed by atoms with E-state index in [1.807, 2.05) is 0 Å². The van der Waals surface area contributed by atoms with Crippen molar-refractivity contribution in [3.63, 3.8) is 0 Å². The second-order valence-corrected chi connectivity index (χ2v) is 13.8. The number of hydrogen-bond donors (Lipinski definition) is 0. The van der Waals surface area contributed by atoms with Crippen molar-refractivity contribution in [1.29, 1.82) is 0 Å². The molecular weight excluding hydrogens is 567 g/mol.